The van der Waals surface area contributed by atoms with Crippen molar-refractivity contribution in [3.05, 3.63) is 46.1 Å². The highest BCUT2D eigenvalue weighted by molar-refractivity contribution is 5.27. The lowest BCUT2D eigenvalue weighted by Gasteiger charge is -2.43. The molecule has 2 saturated heterocycles. The van der Waals surface area contributed by atoms with Crippen LogP contribution in [0, 0.1) is 10.1 Å². The molecule has 1 atom stereocenters. The number of rotatable bonds is 7. The second-order valence-electron chi connectivity index (χ2n) is 10.3. The van der Waals surface area contributed by atoms with Crippen LogP contribution in [0.25, 0.3) is 0 Å². The maximum atomic E-state index is 12.3. The first-order valence-corrected chi connectivity index (χ1v) is 12.5. The predicted octanol–water partition coefficient (Wildman–Crippen LogP) is 3.12. The zero-order valence-electron chi connectivity index (χ0n) is 20.7. The van der Waals surface area contributed by atoms with Crippen molar-refractivity contribution < 1.29 is 27.6 Å². The number of piperidine rings is 1. The monoisotopic (exact) mass is 524 g/mol. The highest BCUT2D eigenvalue weighted by Gasteiger charge is 2.42. The number of alkyl halides is 3. The van der Waals surface area contributed by atoms with Crippen LogP contribution in [0.15, 0.2) is 30.5 Å². The summed E-state index contributed by atoms with van der Waals surface area (Å²) >= 11 is 0. The minimum atomic E-state index is -4.67. The molecule has 5 rings (SSSR count). The Morgan fingerprint density at radius 1 is 1.11 bits per heavy atom. The number of ether oxygens (including phenoxy) is 2. The number of likely N-dealkylation sites (tertiary alicyclic amines) is 1. The normalized spacial score (nSPS) is 24.1. The maximum absolute atomic E-state index is 12.3. The van der Waals surface area contributed by atoms with Gasteiger partial charge in [-0.1, -0.05) is 12.1 Å². The highest BCUT2D eigenvalue weighted by atomic mass is 19.4. The van der Waals surface area contributed by atoms with Crippen LogP contribution in [0.3, 0.4) is 0 Å². The van der Waals surface area contributed by atoms with Gasteiger partial charge >= 0.3 is 18.2 Å². The van der Waals surface area contributed by atoms with Gasteiger partial charge in [-0.3, -0.25) is 19.3 Å². The Balaban J connectivity index is 1.03. The Kier molecular flexibility index (Phi) is 7.03. The zero-order chi connectivity index (χ0) is 26.2. The molecular weight excluding hydrogens is 493 g/mol. The molecule has 0 N–H and O–H groups in total. The molecule has 1 aromatic carbocycles. The molecule has 202 valence electrons. The van der Waals surface area contributed by atoms with Gasteiger partial charge in [-0.05, 0) is 55.5 Å². The predicted molar refractivity (Wildman–Crippen MR) is 127 cm³/mol. The van der Waals surface area contributed by atoms with Gasteiger partial charge in [0.1, 0.15) is 17.5 Å². The number of piperazine rings is 1. The number of imidazole rings is 1. The summed E-state index contributed by atoms with van der Waals surface area (Å²) in [5, 5.41) is 10.9. The SMILES string of the molecule is C[C@]1(CN2CCC(N3CCN(Cc4ccc(OC(F)(F)F)cc4)CC3)CC2)Cn2cc([N+](=O)[O-])nc2O1. The summed E-state index contributed by atoms with van der Waals surface area (Å²) in [4.78, 5) is 21.7. The van der Waals surface area contributed by atoms with E-state index in [1.54, 1.807) is 16.7 Å². The van der Waals surface area contributed by atoms with E-state index in [1.807, 2.05) is 6.92 Å². The average molecular weight is 525 g/mol. The topological polar surface area (TPSA) is 89.1 Å². The molecular formula is C24H31F3N6O4. The van der Waals surface area contributed by atoms with Gasteiger partial charge in [0, 0.05) is 50.3 Å². The molecule has 1 aromatic heterocycles. The molecule has 0 bridgehead atoms. The van der Waals surface area contributed by atoms with Crippen molar-refractivity contribution in [2.24, 2.45) is 0 Å². The molecule has 37 heavy (non-hydrogen) atoms. The molecule has 0 amide bonds. The van der Waals surface area contributed by atoms with E-state index in [4.69, 9.17) is 4.74 Å². The summed E-state index contributed by atoms with van der Waals surface area (Å²) in [6.45, 7) is 9.75. The molecule has 13 heteroatoms. The lowest BCUT2D eigenvalue weighted by atomic mass is 9.99. The van der Waals surface area contributed by atoms with Crippen LogP contribution in [0.4, 0.5) is 19.0 Å². The molecule has 0 radical (unpaired) electrons. The Hall–Kier alpha value is -2.90. The zero-order valence-corrected chi connectivity index (χ0v) is 20.7. The first-order valence-electron chi connectivity index (χ1n) is 12.5. The van der Waals surface area contributed by atoms with Crippen molar-refractivity contribution in [3.63, 3.8) is 0 Å². The summed E-state index contributed by atoms with van der Waals surface area (Å²) in [7, 11) is 0. The minimum absolute atomic E-state index is 0.189. The fourth-order valence-corrected chi connectivity index (χ4v) is 5.62. The van der Waals surface area contributed by atoms with Gasteiger partial charge in [-0.2, -0.15) is 0 Å². The molecule has 0 saturated carbocycles. The highest BCUT2D eigenvalue weighted by Crippen LogP contribution is 2.32. The molecule has 3 aliphatic heterocycles. The Bertz CT molecular complexity index is 1070. The van der Waals surface area contributed by atoms with Crippen molar-refractivity contribution in [2.45, 2.75) is 50.9 Å². The van der Waals surface area contributed by atoms with Gasteiger partial charge < -0.3 is 19.6 Å². The van der Waals surface area contributed by atoms with Crippen molar-refractivity contribution in [1.29, 1.82) is 0 Å². The molecule has 0 unspecified atom stereocenters. The largest absolute Gasteiger partial charge is 0.573 e. The first-order chi connectivity index (χ1) is 17.6. The van der Waals surface area contributed by atoms with E-state index in [2.05, 4.69) is 24.4 Å². The molecule has 0 spiro atoms. The summed E-state index contributed by atoms with van der Waals surface area (Å²) < 4.78 is 48.7. The number of hydrogen-bond acceptors (Lipinski definition) is 8. The number of nitrogens with zero attached hydrogens (tertiary/aromatic N) is 6. The van der Waals surface area contributed by atoms with Crippen LogP contribution in [-0.2, 0) is 13.1 Å². The van der Waals surface area contributed by atoms with E-state index in [0.29, 0.717) is 25.1 Å². The second kappa shape index (κ2) is 10.1. The van der Waals surface area contributed by atoms with Gasteiger partial charge in [0.2, 0.25) is 0 Å². The van der Waals surface area contributed by atoms with E-state index >= 15 is 0 Å². The van der Waals surface area contributed by atoms with E-state index in [0.717, 1.165) is 64.2 Å². The Morgan fingerprint density at radius 2 is 1.78 bits per heavy atom. The summed E-state index contributed by atoms with van der Waals surface area (Å²) in [5.41, 5.74) is 0.517. The van der Waals surface area contributed by atoms with Crippen LogP contribution in [0.1, 0.15) is 25.3 Å². The molecule has 3 aliphatic rings. The van der Waals surface area contributed by atoms with Gasteiger partial charge in [-0.25, -0.2) is 0 Å². The number of fused-ring (bicyclic) bond motifs is 1. The first kappa shape index (κ1) is 25.7. The fraction of sp³-hybridized carbons (Fsp3) is 0.625. The summed E-state index contributed by atoms with van der Waals surface area (Å²) in [6.07, 6.45) is -1.09. The van der Waals surface area contributed by atoms with Gasteiger partial charge in [0.15, 0.2) is 0 Å². The molecule has 4 heterocycles. The number of hydrogen-bond donors (Lipinski definition) is 0. The Labute approximate surface area is 212 Å². The van der Waals surface area contributed by atoms with Gasteiger partial charge in [0.25, 0.3) is 0 Å². The molecule has 2 fully saturated rings. The number of nitro groups is 1. The van der Waals surface area contributed by atoms with Crippen molar-refractivity contribution in [3.8, 4) is 11.8 Å². The second-order valence-corrected chi connectivity index (χ2v) is 10.3. The minimum Gasteiger partial charge on any atom is -0.436 e. The van der Waals surface area contributed by atoms with Crippen molar-refractivity contribution in [2.75, 3.05) is 45.8 Å². The lowest BCUT2D eigenvalue weighted by molar-refractivity contribution is -0.389. The van der Waals surface area contributed by atoms with Gasteiger partial charge in [0.05, 0.1) is 6.54 Å². The lowest BCUT2D eigenvalue weighted by Crippen LogP contribution is -2.54. The van der Waals surface area contributed by atoms with E-state index in [1.165, 1.54) is 18.3 Å². The maximum Gasteiger partial charge on any atom is 0.573 e. The van der Waals surface area contributed by atoms with Crippen LogP contribution >= 0.6 is 0 Å². The fourth-order valence-electron chi connectivity index (χ4n) is 5.62. The van der Waals surface area contributed by atoms with Gasteiger partial charge in [-0.15, -0.1) is 13.2 Å². The number of halogens is 3. The third-order valence-corrected chi connectivity index (χ3v) is 7.36. The van der Waals surface area contributed by atoms with E-state index in [-0.39, 0.29) is 11.6 Å². The third-order valence-electron chi connectivity index (χ3n) is 7.36. The standard InChI is InChI=1S/C24H31F3N6O4/c1-23(17-32-15-21(33(34)35)28-22(32)37-23)16-30-8-6-19(7-9-30)31-12-10-29(11-13-31)14-18-2-4-20(5-3-18)36-24(25,26)27/h2-5,15,19H,6-14,16-17H2,1H3/t23-/m0/s1. The summed E-state index contributed by atoms with van der Waals surface area (Å²) in [6, 6.07) is 6.95. The van der Waals surface area contributed by atoms with Crippen LogP contribution in [-0.4, -0.2) is 93.0 Å². The molecule has 10 nitrogen and oxygen atoms in total. The van der Waals surface area contributed by atoms with E-state index < -0.39 is 16.9 Å². The quantitative estimate of drug-likeness (QED) is 0.403. The number of aromatic nitrogens is 2. The Morgan fingerprint density at radius 3 is 2.38 bits per heavy atom. The molecule has 0 aliphatic carbocycles. The van der Waals surface area contributed by atoms with Crippen LogP contribution in [0.2, 0.25) is 0 Å². The molecule has 2 aromatic rings. The van der Waals surface area contributed by atoms with Crippen LogP contribution < -0.4 is 9.47 Å². The van der Waals surface area contributed by atoms with Crippen LogP contribution in [0.5, 0.6) is 11.8 Å². The number of benzene rings is 1. The van der Waals surface area contributed by atoms with Crippen molar-refractivity contribution in [1.82, 2.24) is 24.3 Å². The van der Waals surface area contributed by atoms with Crippen molar-refractivity contribution >= 4 is 5.82 Å². The smallest absolute Gasteiger partial charge is 0.436 e. The van der Waals surface area contributed by atoms with E-state index in [9.17, 15) is 23.3 Å². The third kappa shape index (κ3) is 6.33. The average Bonchev–Trinajstić information content (AvgIpc) is 3.36. The summed E-state index contributed by atoms with van der Waals surface area (Å²) in [5.74, 6) is -0.387.